The highest BCUT2D eigenvalue weighted by atomic mass is 16.2. The zero-order valence-electron chi connectivity index (χ0n) is 16.1. The van der Waals surface area contributed by atoms with Crippen LogP contribution in [0.2, 0.25) is 0 Å². The van der Waals surface area contributed by atoms with Crippen molar-refractivity contribution in [3.8, 4) is 0 Å². The Kier molecular flexibility index (Phi) is 5.13. The first-order valence-electron chi connectivity index (χ1n) is 9.39. The fraction of sp³-hybridized carbons (Fsp3) is 0.0417. The molecule has 6 heteroatoms. The number of anilines is 2. The lowest BCUT2D eigenvalue weighted by Crippen LogP contribution is -2.32. The summed E-state index contributed by atoms with van der Waals surface area (Å²) in [6.45, 7) is 3.79. The van der Waals surface area contributed by atoms with E-state index in [2.05, 4.69) is 17.2 Å². The Morgan fingerprint density at radius 1 is 0.800 bits per heavy atom. The van der Waals surface area contributed by atoms with Crippen molar-refractivity contribution in [3.63, 3.8) is 0 Å². The van der Waals surface area contributed by atoms with Crippen LogP contribution in [0, 0.1) is 0 Å². The highest BCUT2D eigenvalue weighted by molar-refractivity contribution is 6.11. The van der Waals surface area contributed by atoms with Gasteiger partial charge >= 0.3 is 0 Å². The van der Waals surface area contributed by atoms with E-state index in [0.717, 1.165) is 5.56 Å². The lowest BCUT2D eigenvalue weighted by atomic mass is 10.1. The quantitative estimate of drug-likeness (QED) is 0.683. The Morgan fingerprint density at radius 3 is 2.13 bits per heavy atom. The normalized spacial score (nSPS) is 12.5. The molecular weight excluding hydrogens is 378 g/mol. The van der Waals surface area contributed by atoms with Crippen LogP contribution in [0.4, 0.5) is 11.4 Å². The molecule has 148 valence electrons. The number of nitrogens with one attached hydrogen (secondary N) is 2. The molecule has 1 heterocycles. The van der Waals surface area contributed by atoms with E-state index in [1.165, 1.54) is 4.90 Å². The van der Waals surface area contributed by atoms with Gasteiger partial charge < -0.3 is 10.6 Å². The molecule has 0 saturated carbocycles. The average molecular weight is 397 g/mol. The van der Waals surface area contributed by atoms with E-state index < -0.39 is 0 Å². The summed E-state index contributed by atoms with van der Waals surface area (Å²) < 4.78 is 0. The minimum atomic E-state index is -0.358. The van der Waals surface area contributed by atoms with E-state index in [0.29, 0.717) is 28.2 Å². The number of hydrogen-bond acceptors (Lipinski definition) is 3. The predicted molar refractivity (Wildman–Crippen MR) is 116 cm³/mol. The summed E-state index contributed by atoms with van der Waals surface area (Å²) >= 11 is 0. The second-order valence-electron chi connectivity index (χ2n) is 6.83. The number of amides is 3. The summed E-state index contributed by atoms with van der Waals surface area (Å²) in [7, 11) is 0. The molecule has 0 aromatic heterocycles. The molecule has 30 heavy (non-hydrogen) atoms. The molecule has 0 bridgehead atoms. The molecule has 3 aromatic rings. The summed E-state index contributed by atoms with van der Waals surface area (Å²) in [4.78, 5) is 38.7. The monoisotopic (exact) mass is 397 g/mol. The molecule has 0 spiro atoms. The van der Waals surface area contributed by atoms with Crippen LogP contribution in [-0.4, -0.2) is 29.2 Å². The Hall–Kier alpha value is -4.19. The third-order valence-electron chi connectivity index (χ3n) is 4.78. The summed E-state index contributed by atoms with van der Waals surface area (Å²) in [5.74, 6) is -0.839. The maximum Gasteiger partial charge on any atom is 0.259 e. The van der Waals surface area contributed by atoms with Crippen LogP contribution in [-0.2, 0) is 4.79 Å². The van der Waals surface area contributed by atoms with Crippen LogP contribution in [0.15, 0.2) is 85.4 Å². The molecule has 3 amide bonds. The smallest absolute Gasteiger partial charge is 0.259 e. The summed E-state index contributed by atoms with van der Waals surface area (Å²) in [6, 6.07) is 22.8. The van der Waals surface area contributed by atoms with Gasteiger partial charge in [0.25, 0.3) is 11.8 Å². The van der Waals surface area contributed by atoms with Crippen molar-refractivity contribution in [2.24, 2.45) is 0 Å². The fourth-order valence-electron chi connectivity index (χ4n) is 3.31. The second-order valence-corrected chi connectivity index (χ2v) is 6.83. The number of carbonyl (C=O) groups excluding carboxylic acids is 3. The minimum Gasteiger partial charge on any atom is -0.324 e. The van der Waals surface area contributed by atoms with E-state index in [1.54, 1.807) is 60.7 Å². The van der Waals surface area contributed by atoms with E-state index in [9.17, 15) is 14.4 Å². The minimum absolute atomic E-state index is 0.146. The van der Waals surface area contributed by atoms with Gasteiger partial charge in [-0.1, -0.05) is 49.0 Å². The molecule has 0 unspecified atom stereocenters. The molecule has 0 saturated heterocycles. The molecular formula is C24H19N3O3. The predicted octanol–water partition coefficient (Wildman–Crippen LogP) is 4.00. The standard InChI is InChI=1S/C24H19N3O3/c1-16-20-12-5-6-13-21(20)24(30)27(16)15-22(28)25-18-10-7-11-19(14-18)26-23(29)17-8-3-2-4-9-17/h2-14H,1,15H2,(H,25,28)(H,26,29). The first kappa shape index (κ1) is 19.1. The Labute approximate surface area is 173 Å². The molecule has 2 N–H and O–H groups in total. The van der Waals surface area contributed by atoms with Gasteiger partial charge in [0.2, 0.25) is 5.91 Å². The van der Waals surface area contributed by atoms with E-state index in [-0.39, 0.29) is 24.3 Å². The van der Waals surface area contributed by atoms with Crippen molar-refractivity contribution in [1.29, 1.82) is 0 Å². The fourth-order valence-corrected chi connectivity index (χ4v) is 3.31. The van der Waals surface area contributed by atoms with Crippen molar-refractivity contribution in [2.75, 3.05) is 17.2 Å². The van der Waals surface area contributed by atoms with Gasteiger partial charge in [-0.15, -0.1) is 0 Å². The summed E-state index contributed by atoms with van der Waals surface area (Å²) in [5.41, 5.74) is 3.39. The molecule has 4 rings (SSSR count). The molecule has 0 radical (unpaired) electrons. The maximum absolute atomic E-state index is 12.5. The van der Waals surface area contributed by atoms with Crippen LogP contribution < -0.4 is 10.6 Å². The zero-order valence-corrected chi connectivity index (χ0v) is 16.1. The van der Waals surface area contributed by atoms with Crippen molar-refractivity contribution in [2.45, 2.75) is 0 Å². The molecule has 0 fully saturated rings. The van der Waals surface area contributed by atoms with Crippen molar-refractivity contribution >= 4 is 34.8 Å². The van der Waals surface area contributed by atoms with Crippen molar-refractivity contribution < 1.29 is 14.4 Å². The summed E-state index contributed by atoms with van der Waals surface area (Å²) in [6.07, 6.45) is 0. The van der Waals surface area contributed by atoms with Gasteiger partial charge in [0.1, 0.15) is 6.54 Å². The SMILES string of the molecule is C=C1c2ccccc2C(=O)N1CC(=O)Nc1cccc(NC(=O)c2ccccc2)c1. The van der Waals surface area contributed by atoms with Gasteiger partial charge in [0, 0.05) is 33.8 Å². The van der Waals surface area contributed by atoms with Gasteiger partial charge in [-0.3, -0.25) is 19.3 Å². The molecule has 3 aromatic carbocycles. The van der Waals surface area contributed by atoms with Gasteiger partial charge in [0.05, 0.1) is 0 Å². The van der Waals surface area contributed by atoms with Gasteiger partial charge in [-0.05, 0) is 36.4 Å². The van der Waals surface area contributed by atoms with E-state index >= 15 is 0 Å². The molecule has 0 aliphatic carbocycles. The highest BCUT2D eigenvalue weighted by Crippen LogP contribution is 2.30. The zero-order chi connectivity index (χ0) is 21.1. The van der Waals surface area contributed by atoms with Gasteiger partial charge in [-0.2, -0.15) is 0 Å². The Balaban J connectivity index is 1.41. The lowest BCUT2D eigenvalue weighted by molar-refractivity contribution is -0.116. The Bertz CT molecular complexity index is 1120. The molecule has 6 nitrogen and oxygen atoms in total. The van der Waals surface area contributed by atoms with Gasteiger partial charge in [-0.25, -0.2) is 0 Å². The van der Waals surface area contributed by atoms with Crippen molar-refractivity contribution in [3.05, 3.63) is 102 Å². The number of nitrogens with zero attached hydrogens (tertiary/aromatic N) is 1. The topological polar surface area (TPSA) is 78.5 Å². The van der Waals surface area contributed by atoms with Gasteiger partial charge in [0.15, 0.2) is 0 Å². The Morgan fingerprint density at radius 2 is 1.43 bits per heavy atom. The van der Waals surface area contributed by atoms with Crippen LogP contribution in [0.1, 0.15) is 26.3 Å². The molecule has 1 aliphatic rings. The van der Waals surface area contributed by atoms with E-state index in [1.807, 2.05) is 18.2 Å². The highest BCUT2D eigenvalue weighted by Gasteiger charge is 2.31. The number of benzene rings is 3. The average Bonchev–Trinajstić information content (AvgIpc) is 3.00. The first-order chi connectivity index (χ1) is 14.5. The molecule has 1 aliphatic heterocycles. The largest absolute Gasteiger partial charge is 0.324 e. The third-order valence-corrected chi connectivity index (χ3v) is 4.78. The van der Waals surface area contributed by atoms with Crippen LogP contribution in [0.25, 0.3) is 5.70 Å². The van der Waals surface area contributed by atoms with Crippen LogP contribution >= 0.6 is 0 Å². The third kappa shape index (κ3) is 3.84. The number of rotatable bonds is 5. The molecule has 0 atom stereocenters. The lowest BCUT2D eigenvalue weighted by Gasteiger charge is -2.17. The van der Waals surface area contributed by atoms with Crippen LogP contribution in [0.5, 0.6) is 0 Å². The number of fused-ring (bicyclic) bond motifs is 1. The van der Waals surface area contributed by atoms with Crippen LogP contribution in [0.3, 0.4) is 0 Å². The summed E-state index contributed by atoms with van der Waals surface area (Å²) in [5, 5.41) is 5.57. The first-order valence-corrected chi connectivity index (χ1v) is 9.39. The number of carbonyl (C=O) groups is 3. The van der Waals surface area contributed by atoms with Crippen molar-refractivity contribution in [1.82, 2.24) is 4.90 Å². The van der Waals surface area contributed by atoms with E-state index in [4.69, 9.17) is 0 Å². The maximum atomic E-state index is 12.5. The second kappa shape index (κ2) is 8.05. The number of hydrogen-bond donors (Lipinski definition) is 2.